The van der Waals surface area contributed by atoms with Crippen molar-refractivity contribution in [3.63, 3.8) is 0 Å². The van der Waals surface area contributed by atoms with Crippen LogP contribution < -0.4 is 5.32 Å². The van der Waals surface area contributed by atoms with Crippen LogP contribution in [-0.2, 0) is 9.53 Å². The Labute approximate surface area is 138 Å². The molecule has 0 aliphatic heterocycles. The summed E-state index contributed by atoms with van der Waals surface area (Å²) >= 11 is 0. The third-order valence-corrected chi connectivity index (χ3v) is 2.91. The molecule has 0 atom stereocenters. The molecule has 2 rings (SSSR count). The van der Waals surface area contributed by atoms with Gasteiger partial charge in [0.1, 0.15) is 11.6 Å². The van der Waals surface area contributed by atoms with E-state index in [0.29, 0.717) is 6.07 Å². The number of nitro groups is 1. The Balaban J connectivity index is 1.98. The van der Waals surface area contributed by atoms with Gasteiger partial charge in [0.2, 0.25) is 5.82 Å². The van der Waals surface area contributed by atoms with Crippen LogP contribution in [0.2, 0.25) is 0 Å². The zero-order chi connectivity index (χ0) is 18.6. The molecule has 0 saturated carbocycles. The lowest BCUT2D eigenvalue weighted by molar-refractivity contribution is -0.387. The number of anilines is 1. The summed E-state index contributed by atoms with van der Waals surface area (Å²) in [7, 11) is 0. The van der Waals surface area contributed by atoms with E-state index < -0.39 is 52.1 Å². The van der Waals surface area contributed by atoms with Crippen molar-refractivity contribution in [3.8, 4) is 0 Å². The third-order valence-electron chi connectivity index (χ3n) is 2.91. The normalized spacial score (nSPS) is 10.2. The van der Waals surface area contributed by atoms with Gasteiger partial charge in [0, 0.05) is 17.8 Å². The molecule has 0 heterocycles. The van der Waals surface area contributed by atoms with Crippen LogP contribution in [0.1, 0.15) is 10.4 Å². The van der Waals surface area contributed by atoms with E-state index in [1.165, 1.54) is 0 Å². The summed E-state index contributed by atoms with van der Waals surface area (Å²) in [6.45, 7) is -0.833. The van der Waals surface area contributed by atoms with Gasteiger partial charge >= 0.3 is 11.7 Å². The first-order valence-corrected chi connectivity index (χ1v) is 6.64. The number of hydrogen-bond acceptors (Lipinski definition) is 5. The Kier molecular flexibility index (Phi) is 5.32. The van der Waals surface area contributed by atoms with Crippen LogP contribution in [0.4, 0.5) is 24.5 Å². The Bertz CT molecular complexity index is 857. The van der Waals surface area contributed by atoms with Gasteiger partial charge in [-0.05, 0) is 24.3 Å². The van der Waals surface area contributed by atoms with Crippen LogP contribution >= 0.6 is 0 Å². The molecule has 0 saturated heterocycles. The third kappa shape index (κ3) is 4.53. The summed E-state index contributed by atoms with van der Waals surface area (Å²) in [5.74, 6) is -5.21. The van der Waals surface area contributed by atoms with E-state index in [1.807, 2.05) is 0 Å². The van der Waals surface area contributed by atoms with Gasteiger partial charge in [-0.25, -0.2) is 13.6 Å². The van der Waals surface area contributed by atoms with Gasteiger partial charge in [-0.15, -0.1) is 0 Å². The van der Waals surface area contributed by atoms with Crippen molar-refractivity contribution in [1.82, 2.24) is 0 Å². The average molecular weight is 354 g/mol. The molecule has 0 aliphatic rings. The Morgan fingerprint density at radius 1 is 1.08 bits per heavy atom. The summed E-state index contributed by atoms with van der Waals surface area (Å²) < 4.78 is 43.9. The number of carbonyl (C=O) groups is 2. The van der Waals surface area contributed by atoms with Gasteiger partial charge in [0.25, 0.3) is 5.91 Å². The first kappa shape index (κ1) is 17.9. The first-order chi connectivity index (χ1) is 11.8. The van der Waals surface area contributed by atoms with E-state index in [2.05, 4.69) is 10.1 Å². The minimum absolute atomic E-state index is 0.0953. The summed E-state index contributed by atoms with van der Waals surface area (Å²) in [5, 5.41) is 12.8. The highest BCUT2D eigenvalue weighted by atomic mass is 19.1. The van der Waals surface area contributed by atoms with E-state index in [1.54, 1.807) is 0 Å². The van der Waals surface area contributed by atoms with Crippen LogP contribution in [0, 0.1) is 27.6 Å². The highest BCUT2D eigenvalue weighted by Crippen LogP contribution is 2.21. The maximum Gasteiger partial charge on any atom is 0.341 e. The number of rotatable bonds is 5. The lowest BCUT2D eigenvalue weighted by Crippen LogP contribution is -2.21. The van der Waals surface area contributed by atoms with Crippen molar-refractivity contribution in [2.24, 2.45) is 0 Å². The molecule has 0 unspecified atom stereocenters. The number of halogens is 3. The average Bonchev–Trinajstić information content (AvgIpc) is 2.54. The fraction of sp³-hybridized carbons (Fsp3) is 0.0667. The van der Waals surface area contributed by atoms with Crippen LogP contribution in [0.5, 0.6) is 0 Å². The van der Waals surface area contributed by atoms with Crippen LogP contribution in [-0.4, -0.2) is 23.4 Å². The van der Waals surface area contributed by atoms with Crippen molar-refractivity contribution in [3.05, 3.63) is 69.5 Å². The second-order valence-corrected chi connectivity index (χ2v) is 4.67. The van der Waals surface area contributed by atoms with Crippen molar-refractivity contribution in [2.45, 2.75) is 0 Å². The Morgan fingerprint density at radius 2 is 1.80 bits per heavy atom. The molecular weight excluding hydrogens is 345 g/mol. The minimum atomic E-state index is -1.20. The van der Waals surface area contributed by atoms with Crippen LogP contribution in [0.3, 0.4) is 0 Å². The SMILES string of the molecule is O=C(COC(=O)c1ccc(F)cc1F)Nc1ccc(F)c([N+](=O)[O-])c1. The molecule has 1 amide bonds. The standard InChI is InChI=1S/C15H9F3N2O5/c16-8-1-3-10(12(18)5-8)15(22)25-7-14(21)19-9-2-4-11(17)13(6-9)20(23)24/h1-6H,7H2,(H,19,21). The lowest BCUT2D eigenvalue weighted by Gasteiger charge is -2.07. The molecule has 1 N–H and O–H groups in total. The van der Waals surface area contributed by atoms with Crippen molar-refractivity contribution < 1.29 is 32.4 Å². The molecular formula is C15H9F3N2O5. The van der Waals surface area contributed by atoms with Gasteiger partial charge in [-0.3, -0.25) is 14.9 Å². The summed E-state index contributed by atoms with van der Waals surface area (Å²) in [5.41, 5.74) is -1.50. The molecule has 0 aliphatic carbocycles. The predicted molar refractivity (Wildman–Crippen MR) is 78.3 cm³/mol. The maximum absolute atomic E-state index is 13.4. The summed E-state index contributed by atoms with van der Waals surface area (Å²) in [4.78, 5) is 32.9. The minimum Gasteiger partial charge on any atom is -0.452 e. The molecule has 0 fully saturated rings. The number of amides is 1. The van der Waals surface area contributed by atoms with Gasteiger partial charge in [0.15, 0.2) is 6.61 Å². The number of nitrogens with zero attached hydrogens (tertiary/aromatic N) is 1. The largest absolute Gasteiger partial charge is 0.452 e. The maximum atomic E-state index is 13.4. The van der Waals surface area contributed by atoms with Crippen LogP contribution in [0.25, 0.3) is 0 Å². The zero-order valence-electron chi connectivity index (χ0n) is 12.3. The van der Waals surface area contributed by atoms with E-state index >= 15 is 0 Å². The molecule has 0 radical (unpaired) electrons. The molecule has 7 nitrogen and oxygen atoms in total. The highest BCUT2D eigenvalue weighted by Gasteiger charge is 2.17. The number of hydrogen-bond donors (Lipinski definition) is 1. The molecule has 10 heteroatoms. The molecule has 2 aromatic carbocycles. The molecule has 130 valence electrons. The predicted octanol–water partition coefficient (Wildman–Crippen LogP) is 2.81. The van der Waals surface area contributed by atoms with Gasteiger partial charge in [0.05, 0.1) is 10.5 Å². The molecule has 0 bridgehead atoms. The smallest absolute Gasteiger partial charge is 0.341 e. The van der Waals surface area contributed by atoms with E-state index in [9.17, 15) is 32.9 Å². The van der Waals surface area contributed by atoms with E-state index in [0.717, 1.165) is 30.3 Å². The van der Waals surface area contributed by atoms with Gasteiger partial charge in [-0.1, -0.05) is 0 Å². The fourth-order valence-corrected chi connectivity index (χ4v) is 1.79. The van der Waals surface area contributed by atoms with Crippen LogP contribution in [0.15, 0.2) is 36.4 Å². The quantitative estimate of drug-likeness (QED) is 0.506. The van der Waals surface area contributed by atoms with Gasteiger partial charge < -0.3 is 10.1 Å². The second-order valence-electron chi connectivity index (χ2n) is 4.67. The van der Waals surface area contributed by atoms with Gasteiger partial charge in [-0.2, -0.15) is 4.39 Å². The Hall–Kier alpha value is -3.43. The molecule has 0 aromatic heterocycles. The van der Waals surface area contributed by atoms with E-state index in [4.69, 9.17) is 0 Å². The molecule has 0 spiro atoms. The van der Waals surface area contributed by atoms with Crippen molar-refractivity contribution in [2.75, 3.05) is 11.9 Å². The van der Waals surface area contributed by atoms with Crippen molar-refractivity contribution >= 4 is 23.3 Å². The Morgan fingerprint density at radius 3 is 2.44 bits per heavy atom. The number of ether oxygens (including phenoxy) is 1. The van der Waals surface area contributed by atoms with E-state index in [-0.39, 0.29) is 5.69 Å². The fourth-order valence-electron chi connectivity index (χ4n) is 1.79. The number of benzene rings is 2. The lowest BCUT2D eigenvalue weighted by atomic mass is 10.2. The zero-order valence-corrected chi connectivity index (χ0v) is 12.3. The topological polar surface area (TPSA) is 98.5 Å². The summed E-state index contributed by atoms with van der Waals surface area (Å²) in [6.07, 6.45) is 0. The first-order valence-electron chi connectivity index (χ1n) is 6.64. The highest BCUT2D eigenvalue weighted by molar-refractivity contribution is 5.95. The molecule has 25 heavy (non-hydrogen) atoms. The number of esters is 1. The monoisotopic (exact) mass is 354 g/mol. The number of carbonyl (C=O) groups excluding carboxylic acids is 2. The van der Waals surface area contributed by atoms with Crippen molar-refractivity contribution in [1.29, 1.82) is 0 Å². The summed E-state index contributed by atoms with van der Waals surface area (Å²) in [6, 6.07) is 4.82. The molecule has 2 aromatic rings. The second kappa shape index (κ2) is 7.43. The number of nitrogens with one attached hydrogen (secondary N) is 1. The number of nitro benzene ring substituents is 1.